The molecule has 21 heavy (non-hydrogen) atoms. The van der Waals surface area contributed by atoms with Crippen molar-refractivity contribution in [3.63, 3.8) is 0 Å². The van der Waals surface area contributed by atoms with Gasteiger partial charge in [-0.3, -0.25) is 4.98 Å². The molecule has 3 rings (SSSR count). The third-order valence-electron chi connectivity index (χ3n) is 5.58. The van der Waals surface area contributed by atoms with Crippen LogP contribution < -0.4 is 5.32 Å². The highest BCUT2D eigenvalue weighted by Gasteiger charge is 2.40. The minimum absolute atomic E-state index is 0.615. The lowest BCUT2D eigenvalue weighted by Crippen LogP contribution is -2.35. The number of aryl methyl sites for hydroxylation is 1. The second-order valence-corrected chi connectivity index (χ2v) is 7.35. The Labute approximate surface area is 129 Å². The van der Waals surface area contributed by atoms with Crippen LogP contribution in [0.3, 0.4) is 0 Å². The Kier molecular flexibility index (Phi) is 4.95. The molecule has 1 N–H and O–H groups in total. The summed E-state index contributed by atoms with van der Waals surface area (Å²) in [5.74, 6) is 3.07. The van der Waals surface area contributed by atoms with Crippen molar-refractivity contribution in [1.29, 1.82) is 0 Å². The maximum atomic E-state index is 4.61. The van der Waals surface area contributed by atoms with Crippen molar-refractivity contribution in [2.75, 3.05) is 6.54 Å². The number of rotatable bonds is 7. The topological polar surface area (TPSA) is 24.9 Å². The van der Waals surface area contributed by atoms with Crippen LogP contribution >= 0.6 is 0 Å². The number of fused-ring (bicyclic) bond motifs is 2. The van der Waals surface area contributed by atoms with Crippen molar-refractivity contribution in [2.45, 2.75) is 64.8 Å². The van der Waals surface area contributed by atoms with Crippen LogP contribution in [-0.2, 0) is 6.42 Å². The van der Waals surface area contributed by atoms with Crippen molar-refractivity contribution in [2.24, 2.45) is 17.8 Å². The lowest BCUT2D eigenvalue weighted by molar-refractivity contribution is 0.276. The largest absolute Gasteiger partial charge is 0.314 e. The van der Waals surface area contributed by atoms with Gasteiger partial charge in [-0.25, -0.2) is 0 Å². The summed E-state index contributed by atoms with van der Waals surface area (Å²) in [6, 6.07) is 5.01. The normalized spacial score (nSPS) is 29.0. The smallest absolute Gasteiger partial charge is 0.0419 e. The molecule has 2 bridgehead atoms. The third-order valence-corrected chi connectivity index (χ3v) is 5.58. The molecule has 116 valence electrons. The molecule has 0 saturated heterocycles. The highest BCUT2D eigenvalue weighted by Crippen LogP contribution is 2.49. The first-order valence-corrected chi connectivity index (χ1v) is 8.89. The molecule has 2 heteroatoms. The molecule has 0 spiro atoms. The summed E-state index contributed by atoms with van der Waals surface area (Å²) in [6.07, 6.45) is 11.7. The Bertz CT molecular complexity index is 439. The van der Waals surface area contributed by atoms with E-state index in [2.05, 4.69) is 36.3 Å². The molecule has 2 saturated carbocycles. The fourth-order valence-electron chi connectivity index (χ4n) is 4.49. The second kappa shape index (κ2) is 6.91. The van der Waals surface area contributed by atoms with E-state index in [4.69, 9.17) is 0 Å². The molecule has 1 aromatic heterocycles. The van der Waals surface area contributed by atoms with Crippen LogP contribution in [0.25, 0.3) is 0 Å². The van der Waals surface area contributed by atoms with Gasteiger partial charge in [0.15, 0.2) is 0 Å². The molecule has 0 aliphatic heterocycles. The average molecular weight is 286 g/mol. The minimum atomic E-state index is 0.615. The molecule has 4 atom stereocenters. The fourth-order valence-corrected chi connectivity index (χ4v) is 4.49. The van der Waals surface area contributed by atoms with Gasteiger partial charge < -0.3 is 5.32 Å². The minimum Gasteiger partial charge on any atom is -0.314 e. The van der Waals surface area contributed by atoms with E-state index in [-0.39, 0.29) is 0 Å². The van der Waals surface area contributed by atoms with E-state index in [0.717, 1.165) is 30.7 Å². The predicted molar refractivity (Wildman–Crippen MR) is 88.3 cm³/mol. The van der Waals surface area contributed by atoms with Crippen molar-refractivity contribution in [1.82, 2.24) is 10.3 Å². The first-order valence-electron chi connectivity index (χ1n) is 8.89. The van der Waals surface area contributed by atoms with Gasteiger partial charge in [0.1, 0.15) is 0 Å². The summed E-state index contributed by atoms with van der Waals surface area (Å²) in [5.41, 5.74) is 2.50. The van der Waals surface area contributed by atoms with Gasteiger partial charge >= 0.3 is 0 Å². The van der Waals surface area contributed by atoms with E-state index in [9.17, 15) is 0 Å². The maximum Gasteiger partial charge on any atom is 0.0419 e. The summed E-state index contributed by atoms with van der Waals surface area (Å²) in [7, 11) is 0. The number of aromatic nitrogens is 1. The molecule has 2 nitrogen and oxygen atoms in total. The summed E-state index contributed by atoms with van der Waals surface area (Å²) in [6.45, 7) is 5.50. The Morgan fingerprint density at radius 3 is 2.81 bits per heavy atom. The van der Waals surface area contributed by atoms with Crippen LogP contribution in [0.1, 0.15) is 56.7 Å². The van der Waals surface area contributed by atoms with Crippen LogP contribution in [0.4, 0.5) is 0 Å². The number of hydrogen-bond donors (Lipinski definition) is 1. The Balaban J connectivity index is 1.59. The van der Waals surface area contributed by atoms with Gasteiger partial charge in [0.2, 0.25) is 0 Å². The van der Waals surface area contributed by atoms with E-state index < -0.39 is 0 Å². The first kappa shape index (κ1) is 15.0. The Hall–Kier alpha value is -0.890. The molecule has 2 aliphatic carbocycles. The van der Waals surface area contributed by atoms with Crippen LogP contribution in [0.2, 0.25) is 0 Å². The lowest BCUT2D eigenvalue weighted by Gasteiger charge is -2.27. The van der Waals surface area contributed by atoms with Gasteiger partial charge in [0, 0.05) is 24.4 Å². The number of nitrogens with zero attached hydrogens (tertiary/aromatic N) is 1. The summed E-state index contributed by atoms with van der Waals surface area (Å²) in [5, 5.41) is 3.78. The summed E-state index contributed by atoms with van der Waals surface area (Å²) >= 11 is 0. The molecular formula is C19H30N2. The second-order valence-electron chi connectivity index (χ2n) is 7.35. The zero-order valence-electron chi connectivity index (χ0n) is 13.6. The standard InChI is InChI=1S/C19H30N2/c1-3-8-20-19(12-18-7-4-14(2)13-21-18)11-17-10-15-5-6-16(17)9-15/h4,7,13,15-17,19-20H,3,5-6,8-12H2,1-2H3. The molecule has 1 heterocycles. The Morgan fingerprint density at radius 2 is 2.19 bits per heavy atom. The van der Waals surface area contributed by atoms with Gasteiger partial charge in [0.25, 0.3) is 0 Å². The molecule has 0 amide bonds. The summed E-state index contributed by atoms with van der Waals surface area (Å²) < 4.78 is 0. The molecular weight excluding hydrogens is 256 g/mol. The Morgan fingerprint density at radius 1 is 1.29 bits per heavy atom. The van der Waals surface area contributed by atoms with Crippen molar-refractivity contribution in [3.05, 3.63) is 29.6 Å². The first-order chi connectivity index (χ1) is 10.2. The van der Waals surface area contributed by atoms with E-state index in [1.807, 2.05) is 6.20 Å². The van der Waals surface area contributed by atoms with Gasteiger partial charge in [-0.2, -0.15) is 0 Å². The van der Waals surface area contributed by atoms with E-state index >= 15 is 0 Å². The number of hydrogen-bond acceptors (Lipinski definition) is 2. The van der Waals surface area contributed by atoms with E-state index in [1.165, 1.54) is 49.8 Å². The monoisotopic (exact) mass is 286 g/mol. The lowest BCUT2D eigenvalue weighted by atomic mass is 9.83. The summed E-state index contributed by atoms with van der Waals surface area (Å²) in [4.78, 5) is 4.61. The van der Waals surface area contributed by atoms with Gasteiger partial charge in [-0.1, -0.05) is 19.4 Å². The SMILES string of the molecule is CCCNC(Cc1ccc(C)cn1)CC1CC2CCC1C2. The zero-order chi connectivity index (χ0) is 14.7. The molecule has 1 aromatic rings. The van der Waals surface area contributed by atoms with Crippen molar-refractivity contribution < 1.29 is 0 Å². The number of nitrogens with one attached hydrogen (secondary N) is 1. The quantitative estimate of drug-likeness (QED) is 0.815. The van der Waals surface area contributed by atoms with Gasteiger partial charge in [-0.15, -0.1) is 0 Å². The molecule has 0 aromatic carbocycles. The zero-order valence-corrected chi connectivity index (χ0v) is 13.6. The van der Waals surface area contributed by atoms with Gasteiger partial charge in [0.05, 0.1) is 0 Å². The molecule has 0 radical (unpaired) electrons. The maximum absolute atomic E-state index is 4.61. The van der Waals surface area contributed by atoms with Crippen LogP contribution in [0.15, 0.2) is 18.3 Å². The predicted octanol–water partition coefficient (Wildman–Crippen LogP) is 4.13. The van der Waals surface area contributed by atoms with Crippen LogP contribution in [-0.4, -0.2) is 17.6 Å². The molecule has 2 fully saturated rings. The third kappa shape index (κ3) is 3.85. The van der Waals surface area contributed by atoms with E-state index in [1.54, 1.807) is 0 Å². The van der Waals surface area contributed by atoms with Gasteiger partial charge in [-0.05, 0) is 75.0 Å². The molecule has 2 aliphatic rings. The van der Waals surface area contributed by atoms with Crippen molar-refractivity contribution >= 4 is 0 Å². The van der Waals surface area contributed by atoms with Crippen molar-refractivity contribution in [3.8, 4) is 0 Å². The highest BCUT2D eigenvalue weighted by atomic mass is 14.9. The van der Waals surface area contributed by atoms with Crippen LogP contribution in [0.5, 0.6) is 0 Å². The number of pyridine rings is 1. The highest BCUT2D eigenvalue weighted by molar-refractivity contribution is 5.13. The van der Waals surface area contributed by atoms with Crippen LogP contribution in [0, 0.1) is 24.7 Å². The average Bonchev–Trinajstić information content (AvgIpc) is 3.09. The fraction of sp³-hybridized carbons (Fsp3) is 0.737. The van der Waals surface area contributed by atoms with E-state index in [0.29, 0.717) is 6.04 Å². The molecule has 4 unspecified atom stereocenters.